The van der Waals surface area contributed by atoms with Crippen molar-refractivity contribution >= 4 is 21.5 Å². The molecule has 3 N–H and O–H groups in total. The third-order valence-corrected chi connectivity index (χ3v) is 7.50. The van der Waals surface area contributed by atoms with E-state index in [0.29, 0.717) is 11.7 Å². The first-order valence-corrected chi connectivity index (χ1v) is 12.0. The van der Waals surface area contributed by atoms with Gasteiger partial charge in [-0.1, -0.05) is 5.10 Å². The molecule has 1 aromatic heterocycles. The number of anilines is 2. The molecular weight excluding hydrogens is 461 g/mol. The van der Waals surface area contributed by atoms with Gasteiger partial charge in [0.1, 0.15) is 28.0 Å². The van der Waals surface area contributed by atoms with Crippen molar-refractivity contribution in [3.05, 3.63) is 71.0 Å². The highest BCUT2D eigenvalue weighted by molar-refractivity contribution is 7.91. The van der Waals surface area contributed by atoms with Crippen LogP contribution in [0, 0.1) is 12.7 Å². The number of fused-ring (bicyclic) bond motifs is 1. The molecule has 1 heterocycles. The second-order valence-electron chi connectivity index (χ2n) is 7.94. The van der Waals surface area contributed by atoms with E-state index in [1.165, 1.54) is 18.2 Å². The predicted octanol–water partition coefficient (Wildman–Crippen LogP) is 4.21. The van der Waals surface area contributed by atoms with Crippen molar-refractivity contribution < 1.29 is 22.7 Å². The summed E-state index contributed by atoms with van der Waals surface area (Å²) in [6, 6.07) is 10.4. The van der Waals surface area contributed by atoms with Crippen LogP contribution in [0.25, 0.3) is 0 Å². The molecule has 0 spiro atoms. The minimum absolute atomic E-state index is 0.129. The van der Waals surface area contributed by atoms with Crippen LogP contribution in [0.1, 0.15) is 23.1 Å². The predicted molar refractivity (Wildman–Crippen MR) is 121 cm³/mol. The third kappa shape index (κ3) is 3.94. The number of tetrazole rings is 1. The number of ether oxygens (including phenoxy) is 1. The van der Waals surface area contributed by atoms with Crippen molar-refractivity contribution in [2.45, 2.75) is 36.0 Å². The van der Waals surface area contributed by atoms with Crippen LogP contribution in [0.4, 0.5) is 16.0 Å². The Morgan fingerprint density at radius 2 is 1.85 bits per heavy atom. The van der Waals surface area contributed by atoms with Crippen molar-refractivity contribution in [3.63, 3.8) is 0 Å². The van der Waals surface area contributed by atoms with Gasteiger partial charge < -0.3 is 15.2 Å². The Kier molecular flexibility index (Phi) is 5.40. The molecule has 0 atom stereocenters. The van der Waals surface area contributed by atoms with Gasteiger partial charge in [0.05, 0.1) is 4.90 Å². The smallest absolute Gasteiger partial charge is 0.244 e. The molecule has 3 aromatic carbocycles. The molecule has 0 unspecified atom stereocenters. The summed E-state index contributed by atoms with van der Waals surface area (Å²) in [6.07, 6.45) is 2.59. The highest BCUT2D eigenvalue weighted by Gasteiger charge is 2.25. The minimum Gasteiger partial charge on any atom is -0.507 e. The number of phenols is 1. The molecule has 174 valence electrons. The summed E-state index contributed by atoms with van der Waals surface area (Å²) < 4.78 is 45.6. The van der Waals surface area contributed by atoms with Crippen LogP contribution >= 0.6 is 0 Å². The molecule has 0 radical (unpaired) electrons. The van der Waals surface area contributed by atoms with Gasteiger partial charge >= 0.3 is 0 Å². The van der Waals surface area contributed by atoms with E-state index in [-0.39, 0.29) is 15.5 Å². The first-order chi connectivity index (χ1) is 16.3. The highest BCUT2D eigenvalue weighted by Crippen LogP contribution is 2.42. The number of rotatable bonds is 6. The summed E-state index contributed by atoms with van der Waals surface area (Å²) in [5.74, 6) is 0.359. The Labute approximate surface area is 194 Å². The number of halogens is 1. The van der Waals surface area contributed by atoms with Crippen molar-refractivity contribution in [1.29, 1.82) is 0 Å². The number of aromatic hydroxyl groups is 1. The number of aromatic nitrogens is 4. The highest BCUT2D eigenvalue weighted by atomic mass is 32.2. The largest absolute Gasteiger partial charge is 0.507 e. The molecule has 9 nitrogen and oxygen atoms in total. The van der Waals surface area contributed by atoms with E-state index in [2.05, 4.69) is 25.9 Å². The average molecular weight is 482 g/mol. The monoisotopic (exact) mass is 481 g/mol. The first kappa shape index (κ1) is 21.8. The number of aryl methyl sites for hydroxylation is 1. The minimum atomic E-state index is -4.09. The molecule has 0 amide bonds. The number of hydrogen-bond acceptors (Lipinski definition) is 8. The van der Waals surface area contributed by atoms with Crippen LogP contribution in [0.5, 0.6) is 17.2 Å². The summed E-state index contributed by atoms with van der Waals surface area (Å²) in [5, 5.41) is 27.2. The zero-order valence-electron chi connectivity index (χ0n) is 18.0. The number of sulfone groups is 1. The Balaban J connectivity index is 1.51. The quantitative estimate of drug-likeness (QED) is 0.349. The van der Waals surface area contributed by atoms with Crippen molar-refractivity contribution in [2.75, 3.05) is 5.32 Å². The lowest BCUT2D eigenvalue weighted by Crippen LogP contribution is -2.04. The Bertz CT molecular complexity index is 1470. The van der Waals surface area contributed by atoms with Gasteiger partial charge in [0.15, 0.2) is 0 Å². The number of hydrogen-bond donors (Lipinski definition) is 3. The molecule has 11 heteroatoms. The Hall–Kier alpha value is -3.99. The summed E-state index contributed by atoms with van der Waals surface area (Å²) in [7, 11) is -4.09. The summed E-state index contributed by atoms with van der Waals surface area (Å²) in [5.41, 5.74) is 3.81. The van der Waals surface area contributed by atoms with E-state index < -0.39 is 21.4 Å². The summed E-state index contributed by atoms with van der Waals surface area (Å²) in [6.45, 7) is 1.90. The number of nitrogens with zero attached hydrogens (tertiary/aromatic N) is 3. The second kappa shape index (κ2) is 8.41. The topological polar surface area (TPSA) is 130 Å². The van der Waals surface area contributed by atoms with Crippen LogP contribution in [-0.4, -0.2) is 34.1 Å². The summed E-state index contributed by atoms with van der Waals surface area (Å²) in [4.78, 5) is -0.447. The fraction of sp³-hybridized carbons (Fsp3) is 0.174. The van der Waals surface area contributed by atoms with E-state index in [0.717, 1.165) is 65.9 Å². The molecular formula is C23H20FN5O4S. The van der Waals surface area contributed by atoms with Crippen LogP contribution < -0.4 is 10.1 Å². The molecule has 1 aliphatic rings. The average Bonchev–Trinajstić information content (AvgIpc) is 3.50. The molecule has 0 aliphatic heterocycles. The lowest BCUT2D eigenvalue weighted by atomic mass is 10.0. The van der Waals surface area contributed by atoms with Crippen LogP contribution in [0.15, 0.2) is 58.3 Å². The summed E-state index contributed by atoms with van der Waals surface area (Å²) >= 11 is 0. The fourth-order valence-corrected chi connectivity index (χ4v) is 5.49. The normalized spacial score (nSPS) is 13.0. The van der Waals surface area contributed by atoms with E-state index in [4.69, 9.17) is 4.74 Å². The Morgan fingerprint density at radius 3 is 2.59 bits per heavy atom. The number of H-pyrrole nitrogens is 1. The van der Waals surface area contributed by atoms with Gasteiger partial charge in [-0.2, -0.15) is 0 Å². The fourth-order valence-electron chi connectivity index (χ4n) is 4.12. The maximum Gasteiger partial charge on any atom is 0.244 e. The van der Waals surface area contributed by atoms with Gasteiger partial charge in [0.25, 0.3) is 0 Å². The molecule has 0 saturated heterocycles. The standard InChI is InChI=1S/C23H20FN5O4S/c1-13-11-19(25-23-26-28-29-27-23)17-3-2-4-18(17)22(13)33-15-7-10-20(30)21(12-15)34(31,32)16-8-5-14(24)6-9-16/h5-12,30H,2-4H2,1H3,(H2,25,26,27,28,29). The lowest BCUT2D eigenvalue weighted by Gasteiger charge is -2.18. The van der Waals surface area contributed by atoms with Crippen molar-refractivity contribution in [1.82, 2.24) is 20.6 Å². The maximum absolute atomic E-state index is 13.3. The van der Waals surface area contributed by atoms with Gasteiger partial charge in [-0.15, -0.1) is 0 Å². The first-order valence-electron chi connectivity index (χ1n) is 10.5. The number of nitrogens with one attached hydrogen (secondary N) is 2. The zero-order valence-corrected chi connectivity index (χ0v) is 18.9. The molecule has 0 bridgehead atoms. The molecule has 4 aromatic rings. The molecule has 0 fully saturated rings. The van der Waals surface area contributed by atoms with E-state index >= 15 is 0 Å². The number of benzene rings is 3. The SMILES string of the molecule is Cc1cc(Nc2nnn[nH]2)c2c(c1Oc1ccc(O)c(S(=O)(=O)c3ccc(F)cc3)c1)CCC2. The lowest BCUT2D eigenvalue weighted by molar-refractivity contribution is 0.446. The molecule has 0 saturated carbocycles. The Morgan fingerprint density at radius 1 is 1.09 bits per heavy atom. The molecule has 34 heavy (non-hydrogen) atoms. The van der Waals surface area contributed by atoms with Gasteiger partial charge in [-0.25, -0.2) is 17.9 Å². The maximum atomic E-state index is 13.3. The number of aromatic amines is 1. The van der Waals surface area contributed by atoms with Gasteiger partial charge in [0, 0.05) is 17.3 Å². The van der Waals surface area contributed by atoms with Crippen LogP contribution in [0.3, 0.4) is 0 Å². The third-order valence-electron chi connectivity index (χ3n) is 5.70. The van der Waals surface area contributed by atoms with E-state index in [9.17, 15) is 17.9 Å². The van der Waals surface area contributed by atoms with Gasteiger partial charge in [-0.3, -0.25) is 0 Å². The molecule has 1 aliphatic carbocycles. The van der Waals surface area contributed by atoms with Crippen molar-refractivity contribution in [3.8, 4) is 17.2 Å². The second-order valence-corrected chi connectivity index (χ2v) is 9.86. The van der Waals surface area contributed by atoms with E-state index in [1.54, 1.807) is 0 Å². The van der Waals surface area contributed by atoms with Gasteiger partial charge in [0.2, 0.25) is 15.8 Å². The van der Waals surface area contributed by atoms with E-state index in [1.807, 2.05) is 13.0 Å². The van der Waals surface area contributed by atoms with Gasteiger partial charge in [-0.05, 0) is 90.2 Å². The van der Waals surface area contributed by atoms with Crippen LogP contribution in [-0.2, 0) is 22.7 Å². The number of phenolic OH excluding ortho intramolecular Hbond substituents is 1. The van der Waals surface area contributed by atoms with Crippen molar-refractivity contribution in [2.24, 2.45) is 0 Å². The molecule has 5 rings (SSSR count). The van der Waals surface area contributed by atoms with Crippen LogP contribution in [0.2, 0.25) is 0 Å². The zero-order chi connectivity index (χ0) is 23.9.